The van der Waals surface area contributed by atoms with E-state index in [1.807, 2.05) is 0 Å². The Bertz CT molecular complexity index is 583. The third kappa shape index (κ3) is 1.79. The first-order valence-electron chi connectivity index (χ1n) is 8.29. The SMILES string of the molecule is CCC1=C(C)C2(CCC3(CC2)OCCO3)c2ccccc21. The van der Waals surface area contributed by atoms with Gasteiger partial charge >= 0.3 is 0 Å². The van der Waals surface area contributed by atoms with Crippen molar-refractivity contribution in [3.05, 3.63) is 41.0 Å². The number of rotatable bonds is 1. The first-order valence-corrected chi connectivity index (χ1v) is 8.29. The van der Waals surface area contributed by atoms with Gasteiger partial charge in [0.05, 0.1) is 13.2 Å². The third-order valence-electron chi connectivity index (χ3n) is 5.97. The molecule has 1 aliphatic heterocycles. The molecule has 0 amide bonds. The van der Waals surface area contributed by atoms with Crippen LogP contribution in [0.15, 0.2) is 29.8 Å². The molecule has 21 heavy (non-hydrogen) atoms. The predicted molar refractivity (Wildman–Crippen MR) is 84.1 cm³/mol. The smallest absolute Gasteiger partial charge is 0.168 e. The van der Waals surface area contributed by atoms with Gasteiger partial charge in [0.15, 0.2) is 5.79 Å². The van der Waals surface area contributed by atoms with Crippen LogP contribution in [0.1, 0.15) is 57.1 Å². The van der Waals surface area contributed by atoms with Crippen LogP contribution in [0.5, 0.6) is 0 Å². The lowest BCUT2D eigenvalue weighted by Crippen LogP contribution is -2.42. The Hall–Kier alpha value is -1.12. The van der Waals surface area contributed by atoms with Gasteiger partial charge in [-0.15, -0.1) is 0 Å². The van der Waals surface area contributed by atoms with Crippen LogP contribution < -0.4 is 0 Å². The molecule has 4 rings (SSSR count). The van der Waals surface area contributed by atoms with E-state index in [1.165, 1.54) is 5.56 Å². The largest absolute Gasteiger partial charge is 0.348 e. The average molecular weight is 284 g/mol. The van der Waals surface area contributed by atoms with Crippen molar-refractivity contribution in [3.63, 3.8) is 0 Å². The quantitative estimate of drug-likeness (QED) is 0.759. The summed E-state index contributed by atoms with van der Waals surface area (Å²) < 4.78 is 11.8. The predicted octanol–water partition coefficient (Wildman–Crippen LogP) is 4.44. The second-order valence-corrected chi connectivity index (χ2v) is 6.69. The highest BCUT2D eigenvalue weighted by Crippen LogP contribution is 2.56. The maximum absolute atomic E-state index is 5.92. The van der Waals surface area contributed by atoms with Crippen LogP contribution in [-0.2, 0) is 14.9 Å². The zero-order valence-corrected chi connectivity index (χ0v) is 13.1. The molecular weight excluding hydrogens is 260 g/mol. The first kappa shape index (κ1) is 13.5. The van der Waals surface area contributed by atoms with Gasteiger partial charge in [-0.25, -0.2) is 0 Å². The molecule has 0 bridgehead atoms. The molecular formula is C19H24O2. The minimum absolute atomic E-state index is 0.239. The van der Waals surface area contributed by atoms with Crippen molar-refractivity contribution in [2.24, 2.45) is 0 Å². The van der Waals surface area contributed by atoms with E-state index >= 15 is 0 Å². The van der Waals surface area contributed by atoms with Crippen molar-refractivity contribution in [2.75, 3.05) is 13.2 Å². The lowest BCUT2D eigenvalue weighted by Gasteiger charge is -2.43. The van der Waals surface area contributed by atoms with E-state index in [0.717, 1.165) is 45.3 Å². The monoisotopic (exact) mass is 284 g/mol. The Morgan fingerprint density at radius 3 is 2.33 bits per heavy atom. The van der Waals surface area contributed by atoms with Crippen LogP contribution in [0.25, 0.3) is 5.57 Å². The van der Waals surface area contributed by atoms with E-state index < -0.39 is 0 Å². The van der Waals surface area contributed by atoms with E-state index in [0.29, 0.717) is 0 Å². The van der Waals surface area contributed by atoms with Gasteiger partial charge in [0.25, 0.3) is 0 Å². The van der Waals surface area contributed by atoms with Crippen molar-refractivity contribution in [3.8, 4) is 0 Å². The Labute approximate surface area is 127 Å². The maximum Gasteiger partial charge on any atom is 0.168 e. The van der Waals surface area contributed by atoms with Gasteiger partial charge in [-0.3, -0.25) is 0 Å². The van der Waals surface area contributed by atoms with E-state index in [1.54, 1.807) is 16.7 Å². The van der Waals surface area contributed by atoms with Crippen LogP contribution in [-0.4, -0.2) is 19.0 Å². The maximum atomic E-state index is 5.92. The third-order valence-corrected chi connectivity index (χ3v) is 5.97. The number of ether oxygens (including phenoxy) is 2. The average Bonchev–Trinajstić information content (AvgIpc) is 3.06. The van der Waals surface area contributed by atoms with Gasteiger partial charge in [-0.05, 0) is 42.9 Å². The topological polar surface area (TPSA) is 18.5 Å². The zero-order valence-electron chi connectivity index (χ0n) is 13.1. The molecule has 2 aliphatic carbocycles. The van der Waals surface area contributed by atoms with Gasteiger partial charge < -0.3 is 9.47 Å². The fraction of sp³-hybridized carbons (Fsp3) is 0.579. The van der Waals surface area contributed by atoms with Gasteiger partial charge in [0, 0.05) is 18.3 Å². The molecule has 3 aliphatic rings. The highest BCUT2D eigenvalue weighted by molar-refractivity contribution is 5.80. The number of fused-ring (bicyclic) bond motifs is 2. The van der Waals surface area contributed by atoms with Gasteiger partial charge in [-0.2, -0.15) is 0 Å². The van der Waals surface area contributed by atoms with Crippen LogP contribution in [0.4, 0.5) is 0 Å². The van der Waals surface area contributed by atoms with Gasteiger partial charge in [0.1, 0.15) is 0 Å². The molecule has 2 spiro atoms. The van der Waals surface area contributed by atoms with E-state index in [-0.39, 0.29) is 11.2 Å². The van der Waals surface area contributed by atoms with Crippen LogP contribution in [0.3, 0.4) is 0 Å². The summed E-state index contributed by atoms with van der Waals surface area (Å²) in [6.45, 7) is 6.16. The summed E-state index contributed by atoms with van der Waals surface area (Å²) in [6.07, 6.45) is 5.48. The minimum atomic E-state index is -0.268. The lowest BCUT2D eigenvalue weighted by atomic mass is 9.66. The number of allylic oxidation sites excluding steroid dienone is 2. The molecule has 0 N–H and O–H groups in total. The summed E-state index contributed by atoms with van der Waals surface area (Å²) in [6, 6.07) is 9.02. The molecule has 2 heteroatoms. The van der Waals surface area contributed by atoms with E-state index in [9.17, 15) is 0 Å². The fourth-order valence-corrected chi connectivity index (χ4v) is 4.80. The summed E-state index contributed by atoms with van der Waals surface area (Å²) in [7, 11) is 0. The highest BCUT2D eigenvalue weighted by atomic mass is 16.7. The number of hydrogen-bond acceptors (Lipinski definition) is 2. The second kappa shape index (κ2) is 4.69. The Balaban J connectivity index is 1.73. The van der Waals surface area contributed by atoms with Crippen molar-refractivity contribution < 1.29 is 9.47 Å². The molecule has 0 aromatic heterocycles. The normalized spacial score (nSPS) is 25.8. The van der Waals surface area contributed by atoms with Gasteiger partial charge in [-0.1, -0.05) is 36.8 Å². The summed E-state index contributed by atoms with van der Waals surface area (Å²) in [4.78, 5) is 0. The van der Waals surface area contributed by atoms with Crippen molar-refractivity contribution in [1.82, 2.24) is 0 Å². The highest BCUT2D eigenvalue weighted by Gasteiger charge is 2.50. The lowest BCUT2D eigenvalue weighted by molar-refractivity contribution is -0.183. The van der Waals surface area contributed by atoms with Crippen molar-refractivity contribution in [2.45, 2.75) is 57.2 Å². The fourth-order valence-electron chi connectivity index (χ4n) is 4.80. The number of benzene rings is 1. The molecule has 0 atom stereocenters. The molecule has 2 fully saturated rings. The Morgan fingerprint density at radius 2 is 1.67 bits per heavy atom. The first-order chi connectivity index (χ1) is 10.2. The van der Waals surface area contributed by atoms with Crippen molar-refractivity contribution >= 4 is 5.57 Å². The standard InChI is InChI=1S/C19H24O2/c1-3-15-14(2)18(17-7-5-4-6-16(15)17)8-10-19(11-9-18)20-12-13-21-19/h4-7H,3,8-13H2,1-2H3. The Kier molecular flexibility index (Phi) is 3.02. The Morgan fingerprint density at radius 1 is 1.00 bits per heavy atom. The number of hydrogen-bond donors (Lipinski definition) is 0. The minimum Gasteiger partial charge on any atom is -0.348 e. The summed E-state index contributed by atoms with van der Waals surface area (Å²) in [5, 5.41) is 0. The summed E-state index contributed by atoms with van der Waals surface area (Å²) in [5.41, 5.74) is 6.44. The van der Waals surface area contributed by atoms with E-state index in [4.69, 9.17) is 9.47 Å². The van der Waals surface area contributed by atoms with Crippen LogP contribution >= 0.6 is 0 Å². The molecule has 0 unspecified atom stereocenters. The zero-order chi connectivity index (χ0) is 14.5. The molecule has 1 heterocycles. The van der Waals surface area contributed by atoms with Crippen LogP contribution in [0, 0.1) is 0 Å². The summed E-state index contributed by atoms with van der Waals surface area (Å²) in [5.74, 6) is -0.268. The second-order valence-electron chi connectivity index (χ2n) is 6.69. The summed E-state index contributed by atoms with van der Waals surface area (Å²) >= 11 is 0. The molecule has 112 valence electrons. The molecule has 1 saturated carbocycles. The molecule has 0 radical (unpaired) electrons. The molecule has 1 aromatic carbocycles. The molecule has 1 aromatic rings. The molecule has 2 nitrogen and oxygen atoms in total. The van der Waals surface area contributed by atoms with Gasteiger partial charge in [0.2, 0.25) is 0 Å². The van der Waals surface area contributed by atoms with Crippen molar-refractivity contribution in [1.29, 1.82) is 0 Å². The van der Waals surface area contributed by atoms with Crippen LogP contribution in [0.2, 0.25) is 0 Å². The molecule has 1 saturated heterocycles. The van der Waals surface area contributed by atoms with E-state index in [2.05, 4.69) is 38.1 Å².